The van der Waals surface area contributed by atoms with E-state index in [1.165, 1.54) is 17.8 Å². The molecule has 2 aromatic carbocycles. The zero-order valence-corrected chi connectivity index (χ0v) is 11.3. The average molecular weight is 274 g/mol. The van der Waals surface area contributed by atoms with Gasteiger partial charge in [-0.05, 0) is 30.7 Å². The summed E-state index contributed by atoms with van der Waals surface area (Å²) in [5, 5.41) is 10.9. The van der Waals surface area contributed by atoms with Crippen LogP contribution >= 0.6 is 11.8 Å². The van der Waals surface area contributed by atoms with Gasteiger partial charge < -0.3 is 5.73 Å². The Labute approximate surface area is 115 Å². The van der Waals surface area contributed by atoms with E-state index < -0.39 is 0 Å². The van der Waals surface area contributed by atoms with Crippen molar-refractivity contribution in [3.8, 4) is 0 Å². The van der Waals surface area contributed by atoms with Gasteiger partial charge in [-0.15, -0.1) is 0 Å². The minimum Gasteiger partial charge on any atom is -0.324 e. The Bertz CT molecular complexity index is 582. The normalized spacial score (nSPS) is 12.1. The van der Waals surface area contributed by atoms with E-state index in [4.69, 9.17) is 5.73 Å². The lowest BCUT2D eigenvalue weighted by atomic mass is 10.1. The fourth-order valence-corrected chi connectivity index (χ4v) is 2.58. The molecule has 98 valence electrons. The summed E-state index contributed by atoms with van der Waals surface area (Å²) in [5.41, 5.74) is 6.96. The number of hydrogen-bond donors (Lipinski definition) is 1. The van der Waals surface area contributed by atoms with Crippen LogP contribution in [0.1, 0.15) is 18.5 Å². The van der Waals surface area contributed by atoms with Crippen LogP contribution in [0.15, 0.2) is 58.3 Å². The zero-order chi connectivity index (χ0) is 13.8. The largest absolute Gasteiger partial charge is 0.324 e. The molecule has 0 saturated carbocycles. The Morgan fingerprint density at radius 2 is 1.79 bits per heavy atom. The highest BCUT2D eigenvalue weighted by molar-refractivity contribution is 7.99. The van der Waals surface area contributed by atoms with Crippen LogP contribution in [0.4, 0.5) is 5.69 Å². The van der Waals surface area contributed by atoms with Crippen molar-refractivity contribution in [2.75, 3.05) is 0 Å². The Hall–Kier alpha value is -1.85. The third-order valence-electron chi connectivity index (χ3n) is 2.70. The number of nitro benzene ring substituents is 1. The second kappa shape index (κ2) is 5.86. The van der Waals surface area contributed by atoms with E-state index in [0.717, 1.165) is 10.5 Å². The first kappa shape index (κ1) is 13.6. The average Bonchev–Trinajstić information content (AvgIpc) is 2.39. The van der Waals surface area contributed by atoms with Crippen molar-refractivity contribution in [2.24, 2.45) is 5.73 Å². The van der Waals surface area contributed by atoms with E-state index in [0.29, 0.717) is 4.90 Å². The van der Waals surface area contributed by atoms with Crippen LogP contribution in [0, 0.1) is 10.1 Å². The van der Waals surface area contributed by atoms with Crippen molar-refractivity contribution in [1.82, 2.24) is 0 Å². The third kappa shape index (κ3) is 3.33. The molecular weight excluding hydrogens is 260 g/mol. The second-order valence-corrected chi connectivity index (χ2v) is 5.30. The molecule has 0 amide bonds. The molecule has 1 unspecified atom stereocenters. The number of benzene rings is 2. The Kier molecular flexibility index (Phi) is 4.19. The maximum atomic E-state index is 10.9. The van der Waals surface area contributed by atoms with Gasteiger partial charge in [-0.25, -0.2) is 0 Å². The van der Waals surface area contributed by atoms with Crippen LogP contribution in [0.5, 0.6) is 0 Å². The smallest absolute Gasteiger partial charge is 0.283 e. The van der Waals surface area contributed by atoms with Gasteiger partial charge in [0.25, 0.3) is 5.69 Å². The number of rotatable bonds is 4. The molecule has 0 heterocycles. The van der Waals surface area contributed by atoms with Gasteiger partial charge >= 0.3 is 0 Å². The Balaban J connectivity index is 2.24. The number of nitrogens with zero attached hydrogens (tertiary/aromatic N) is 1. The predicted molar refractivity (Wildman–Crippen MR) is 76.3 cm³/mol. The summed E-state index contributed by atoms with van der Waals surface area (Å²) in [6.07, 6.45) is 0. The summed E-state index contributed by atoms with van der Waals surface area (Å²) < 4.78 is 0. The van der Waals surface area contributed by atoms with Crippen molar-refractivity contribution in [2.45, 2.75) is 22.8 Å². The molecule has 2 N–H and O–H groups in total. The van der Waals surface area contributed by atoms with Crippen LogP contribution in [0.25, 0.3) is 0 Å². The maximum Gasteiger partial charge on any atom is 0.283 e. The van der Waals surface area contributed by atoms with E-state index in [1.807, 2.05) is 31.2 Å². The van der Waals surface area contributed by atoms with E-state index in [-0.39, 0.29) is 16.7 Å². The van der Waals surface area contributed by atoms with Crippen LogP contribution in [0.3, 0.4) is 0 Å². The number of hydrogen-bond acceptors (Lipinski definition) is 4. The molecule has 5 heteroatoms. The van der Waals surface area contributed by atoms with E-state index >= 15 is 0 Å². The van der Waals surface area contributed by atoms with Crippen molar-refractivity contribution in [3.63, 3.8) is 0 Å². The highest BCUT2D eigenvalue weighted by Gasteiger charge is 2.13. The topological polar surface area (TPSA) is 69.2 Å². The van der Waals surface area contributed by atoms with E-state index in [9.17, 15) is 10.1 Å². The monoisotopic (exact) mass is 274 g/mol. The molecule has 0 fully saturated rings. The molecule has 1 atom stereocenters. The fraction of sp³-hybridized carbons (Fsp3) is 0.143. The molecule has 0 aliphatic rings. The standard InChI is InChI=1S/C14H14N2O2S/c1-10(15)11-6-8-12(9-7-11)19-14-5-3-2-4-13(14)16(17)18/h2-10H,15H2,1H3. The molecule has 0 bridgehead atoms. The molecule has 0 aromatic heterocycles. The Morgan fingerprint density at radius 3 is 2.37 bits per heavy atom. The number of para-hydroxylation sites is 1. The van der Waals surface area contributed by atoms with Gasteiger partial charge in [0.05, 0.1) is 9.82 Å². The molecule has 2 aromatic rings. The van der Waals surface area contributed by atoms with Gasteiger partial charge in [-0.3, -0.25) is 10.1 Å². The number of nitro groups is 1. The van der Waals surface area contributed by atoms with Gasteiger partial charge in [0.15, 0.2) is 0 Å². The van der Waals surface area contributed by atoms with Crippen molar-refractivity contribution >= 4 is 17.4 Å². The maximum absolute atomic E-state index is 10.9. The highest BCUT2D eigenvalue weighted by Crippen LogP contribution is 2.34. The molecule has 0 saturated heterocycles. The van der Waals surface area contributed by atoms with Crippen LogP contribution < -0.4 is 5.73 Å². The van der Waals surface area contributed by atoms with E-state index in [2.05, 4.69) is 0 Å². The lowest BCUT2D eigenvalue weighted by Crippen LogP contribution is -2.04. The van der Waals surface area contributed by atoms with Crippen LogP contribution in [-0.2, 0) is 0 Å². The van der Waals surface area contributed by atoms with Crippen molar-refractivity contribution in [1.29, 1.82) is 0 Å². The summed E-state index contributed by atoms with van der Waals surface area (Å²) in [7, 11) is 0. The van der Waals surface area contributed by atoms with Gasteiger partial charge in [-0.1, -0.05) is 36.0 Å². The molecular formula is C14H14N2O2S. The van der Waals surface area contributed by atoms with Gasteiger partial charge in [0.1, 0.15) is 0 Å². The molecule has 2 rings (SSSR count). The first-order chi connectivity index (χ1) is 9.08. The molecule has 4 nitrogen and oxygen atoms in total. The van der Waals surface area contributed by atoms with Gasteiger partial charge in [0.2, 0.25) is 0 Å². The van der Waals surface area contributed by atoms with Crippen molar-refractivity contribution in [3.05, 3.63) is 64.2 Å². The molecule has 19 heavy (non-hydrogen) atoms. The molecule has 0 radical (unpaired) electrons. The zero-order valence-electron chi connectivity index (χ0n) is 10.4. The second-order valence-electron chi connectivity index (χ2n) is 4.18. The number of nitrogens with two attached hydrogens (primary N) is 1. The van der Waals surface area contributed by atoms with Gasteiger partial charge in [-0.2, -0.15) is 0 Å². The molecule has 0 spiro atoms. The lowest BCUT2D eigenvalue weighted by molar-refractivity contribution is -0.387. The van der Waals surface area contributed by atoms with E-state index in [1.54, 1.807) is 18.2 Å². The summed E-state index contributed by atoms with van der Waals surface area (Å²) >= 11 is 1.38. The Morgan fingerprint density at radius 1 is 1.16 bits per heavy atom. The first-order valence-corrected chi connectivity index (χ1v) is 6.66. The summed E-state index contributed by atoms with van der Waals surface area (Å²) in [4.78, 5) is 12.2. The molecule has 0 aliphatic carbocycles. The fourth-order valence-electron chi connectivity index (χ4n) is 1.66. The predicted octanol–water partition coefficient (Wildman–Crippen LogP) is 3.77. The van der Waals surface area contributed by atoms with Gasteiger partial charge in [0, 0.05) is 17.0 Å². The lowest BCUT2D eigenvalue weighted by Gasteiger charge is -2.07. The minimum absolute atomic E-state index is 0.00916. The summed E-state index contributed by atoms with van der Waals surface area (Å²) in [5.74, 6) is 0. The summed E-state index contributed by atoms with van der Waals surface area (Å²) in [6, 6.07) is 14.5. The van der Waals surface area contributed by atoms with Crippen LogP contribution in [-0.4, -0.2) is 4.92 Å². The molecule has 0 aliphatic heterocycles. The quantitative estimate of drug-likeness (QED) is 0.680. The first-order valence-electron chi connectivity index (χ1n) is 5.85. The minimum atomic E-state index is -0.362. The highest BCUT2D eigenvalue weighted by atomic mass is 32.2. The van der Waals surface area contributed by atoms with Crippen LogP contribution in [0.2, 0.25) is 0 Å². The third-order valence-corrected chi connectivity index (χ3v) is 3.77. The SMILES string of the molecule is CC(N)c1ccc(Sc2ccccc2[N+](=O)[O-])cc1. The van der Waals surface area contributed by atoms with Crippen molar-refractivity contribution < 1.29 is 4.92 Å². The summed E-state index contributed by atoms with van der Waals surface area (Å²) in [6.45, 7) is 1.92.